The lowest BCUT2D eigenvalue weighted by atomic mass is 10.3. The van der Waals surface area contributed by atoms with Crippen LogP contribution in [0.2, 0.25) is 0 Å². The molecule has 0 aliphatic carbocycles. The lowest BCUT2D eigenvalue weighted by Gasteiger charge is -2.14. The van der Waals surface area contributed by atoms with Crippen LogP contribution in [-0.4, -0.2) is 43.1 Å². The first kappa shape index (κ1) is 20.3. The third-order valence-corrected chi connectivity index (χ3v) is 5.90. The van der Waals surface area contributed by atoms with Gasteiger partial charge in [-0.1, -0.05) is 30.4 Å². The molecule has 0 saturated heterocycles. The van der Waals surface area contributed by atoms with Gasteiger partial charge in [-0.2, -0.15) is 0 Å². The van der Waals surface area contributed by atoms with E-state index in [1.165, 1.54) is 42.8 Å². The fourth-order valence-corrected chi connectivity index (χ4v) is 4.10. The van der Waals surface area contributed by atoms with E-state index in [1.807, 2.05) is 11.5 Å². The number of rotatable bonds is 8. The van der Waals surface area contributed by atoms with Gasteiger partial charge in [-0.3, -0.25) is 9.36 Å². The van der Waals surface area contributed by atoms with Crippen molar-refractivity contribution in [2.45, 2.75) is 34.7 Å². The summed E-state index contributed by atoms with van der Waals surface area (Å²) in [7, 11) is 1.36. The monoisotopic (exact) mass is 419 g/mol. The molecule has 1 atom stereocenters. The van der Waals surface area contributed by atoms with E-state index in [4.69, 9.17) is 4.74 Å². The molecule has 28 heavy (non-hydrogen) atoms. The predicted molar refractivity (Wildman–Crippen MR) is 105 cm³/mol. The Morgan fingerprint density at radius 2 is 1.93 bits per heavy atom. The Balaban J connectivity index is 1.92. The van der Waals surface area contributed by atoms with Crippen LogP contribution in [0.25, 0.3) is 5.69 Å². The van der Waals surface area contributed by atoms with Crippen molar-refractivity contribution in [3.05, 3.63) is 54.4 Å². The molecule has 0 fully saturated rings. The van der Waals surface area contributed by atoms with Crippen molar-refractivity contribution in [3.63, 3.8) is 0 Å². The Morgan fingerprint density at radius 3 is 2.57 bits per heavy atom. The van der Waals surface area contributed by atoms with Crippen LogP contribution in [-0.2, 0) is 15.3 Å². The summed E-state index contributed by atoms with van der Waals surface area (Å²) in [4.78, 5) is 20.4. The Bertz CT molecular complexity index is 921. The molecule has 7 nitrogen and oxygen atoms in total. The maximum Gasteiger partial charge on any atom is 0.319 e. The standard InChI is InChI=1S/C18H18FN5O2S2/c1-3-14(16(25)26-2)28-18-23-22-15(11-27-17-20-9-4-10-21-17)24(18)13-7-5-12(19)6-8-13/h4-10,14H,3,11H2,1-2H3/t14-/m0/s1. The summed E-state index contributed by atoms with van der Waals surface area (Å²) in [5.74, 6) is 0.450. The zero-order chi connectivity index (χ0) is 19.9. The SMILES string of the molecule is CC[C@H](Sc1nnc(CSc2ncccn2)n1-c1ccc(F)cc1)C(=O)OC. The first-order chi connectivity index (χ1) is 13.6. The van der Waals surface area contributed by atoms with Crippen molar-refractivity contribution in [3.8, 4) is 5.69 Å². The number of methoxy groups -OCH3 is 1. The van der Waals surface area contributed by atoms with E-state index in [-0.39, 0.29) is 11.8 Å². The number of thioether (sulfide) groups is 2. The molecule has 1 aromatic carbocycles. The molecule has 146 valence electrons. The molecule has 2 heterocycles. The number of aromatic nitrogens is 5. The zero-order valence-corrected chi connectivity index (χ0v) is 16.9. The van der Waals surface area contributed by atoms with E-state index in [9.17, 15) is 9.18 Å². The van der Waals surface area contributed by atoms with Crippen molar-refractivity contribution < 1.29 is 13.9 Å². The molecule has 3 aromatic rings. The second-order valence-corrected chi connectivity index (χ2v) is 7.68. The summed E-state index contributed by atoms with van der Waals surface area (Å²) in [6, 6.07) is 7.79. The number of ether oxygens (including phenoxy) is 1. The zero-order valence-electron chi connectivity index (χ0n) is 15.3. The molecule has 3 rings (SSSR count). The van der Waals surface area contributed by atoms with E-state index in [0.717, 1.165) is 0 Å². The highest BCUT2D eigenvalue weighted by Gasteiger charge is 2.24. The highest BCUT2D eigenvalue weighted by atomic mass is 32.2. The minimum Gasteiger partial charge on any atom is -0.468 e. The van der Waals surface area contributed by atoms with Crippen LogP contribution in [0.4, 0.5) is 4.39 Å². The van der Waals surface area contributed by atoms with Crippen LogP contribution in [0.5, 0.6) is 0 Å². The van der Waals surface area contributed by atoms with Crippen molar-refractivity contribution in [1.82, 2.24) is 24.7 Å². The minimum absolute atomic E-state index is 0.324. The van der Waals surface area contributed by atoms with E-state index < -0.39 is 5.25 Å². The van der Waals surface area contributed by atoms with E-state index in [1.54, 1.807) is 30.6 Å². The molecule has 0 radical (unpaired) electrons. The quantitative estimate of drug-likeness (QED) is 0.312. The lowest BCUT2D eigenvalue weighted by Crippen LogP contribution is -2.18. The number of hydrogen-bond donors (Lipinski definition) is 0. The van der Waals surface area contributed by atoms with Gasteiger partial charge in [0.2, 0.25) is 0 Å². The number of halogens is 1. The van der Waals surface area contributed by atoms with Gasteiger partial charge in [0.05, 0.1) is 12.9 Å². The third kappa shape index (κ3) is 4.87. The van der Waals surface area contributed by atoms with Crippen LogP contribution in [0, 0.1) is 5.82 Å². The van der Waals surface area contributed by atoms with Crippen molar-refractivity contribution >= 4 is 29.5 Å². The average molecular weight is 420 g/mol. The van der Waals surface area contributed by atoms with Gasteiger partial charge in [-0.05, 0) is 36.8 Å². The summed E-state index contributed by atoms with van der Waals surface area (Å²) < 4.78 is 20.1. The molecule has 0 saturated carbocycles. The van der Waals surface area contributed by atoms with Gasteiger partial charge < -0.3 is 4.74 Å². The average Bonchev–Trinajstić information content (AvgIpc) is 3.13. The van der Waals surface area contributed by atoms with Crippen LogP contribution < -0.4 is 0 Å². The number of hydrogen-bond acceptors (Lipinski definition) is 8. The van der Waals surface area contributed by atoms with E-state index in [2.05, 4.69) is 20.2 Å². The largest absolute Gasteiger partial charge is 0.468 e. The number of benzene rings is 1. The molecular weight excluding hydrogens is 401 g/mol. The van der Waals surface area contributed by atoms with Gasteiger partial charge in [0.1, 0.15) is 16.9 Å². The second kappa shape index (κ2) is 9.65. The fraction of sp³-hybridized carbons (Fsp3) is 0.278. The molecular formula is C18H18FN5O2S2. The van der Waals surface area contributed by atoms with Crippen molar-refractivity contribution in [2.24, 2.45) is 0 Å². The van der Waals surface area contributed by atoms with Gasteiger partial charge >= 0.3 is 5.97 Å². The molecule has 2 aromatic heterocycles. The Hall–Kier alpha value is -2.46. The molecule has 0 unspecified atom stereocenters. The first-order valence-electron chi connectivity index (χ1n) is 8.47. The summed E-state index contributed by atoms with van der Waals surface area (Å²) in [5.41, 5.74) is 0.707. The van der Waals surface area contributed by atoms with Crippen LogP contribution in [0.1, 0.15) is 19.2 Å². The topological polar surface area (TPSA) is 82.8 Å². The summed E-state index contributed by atoms with van der Waals surface area (Å²) in [6.07, 6.45) is 3.92. The van der Waals surface area contributed by atoms with Gasteiger partial charge in [0.15, 0.2) is 10.3 Å². The summed E-state index contributed by atoms with van der Waals surface area (Å²) in [5, 5.41) is 9.27. The fourth-order valence-electron chi connectivity index (χ4n) is 2.37. The Morgan fingerprint density at radius 1 is 1.21 bits per heavy atom. The summed E-state index contributed by atoms with van der Waals surface area (Å²) in [6.45, 7) is 1.90. The molecule has 0 aliphatic heterocycles. The Kier molecular flexibility index (Phi) is 6.99. The third-order valence-electron chi connectivity index (χ3n) is 3.74. The van der Waals surface area contributed by atoms with Gasteiger partial charge in [0, 0.05) is 18.1 Å². The second-order valence-electron chi connectivity index (χ2n) is 5.57. The Labute approximate surface area is 170 Å². The van der Waals surface area contributed by atoms with E-state index >= 15 is 0 Å². The van der Waals surface area contributed by atoms with Gasteiger partial charge in [0.25, 0.3) is 0 Å². The predicted octanol–water partition coefficient (Wildman–Crippen LogP) is 3.53. The van der Waals surface area contributed by atoms with Crippen LogP contribution >= 0.6 is 23.5 Å². The molecule has 0 aliphatic rings. The molecule has 0 bridgehead atoms. The van der Waals surface area contributed by atoms with Crippen LogP contribution in [0.15, 0.2) is 53.0 Å². The highest BCUT2D eigenvalue weighted by molar-refractivity contribution is 8.00. The lowest BCUT2D eigenvalue weighted by molar-refractivity contribution is -0.140. The smallest absolute Gasteiger partial charge is 0.319 e. The van der Waals surface area contributed by atoms with Crippen molar-refractivity contribution in [1.29, 1.82) is 0 Å². The highest BCUT2D eigenvalue weighted by Crippen LogP contribution is 2.30. The van der Waals surface area contributed by atoms with Gasteiger partial charge in [-0.25, -0.2) is 14.4 Å². The first-order valence-corrected chi connectivity index (χ1v) is 10.3. The normalized spacial score (nSPS) is 12.0. The number of nitrogens with zero attached hydrogens (tertiary/aromatic N) is 5. The number of carbonyl (C=O) groups is 1. The van der Waals surface area contributed by atoms with Crippen molar-refractivity contribution in [2.75, 3.05) is 7.11 Å². The maximum absolute atomic E-state index is 13.4. The number of esters is 1. The molecule has 10 heteroatoms. The summed E-state index contributed by atoms with van der Waals surface area (Å²) >= 11 is 2.68. The minimum atomic E-state index is -0.411. The van der Waals surface area contributed by atoms with E-state index in [0.29, 0.717) is 34.0 Å². The molecule has 0 amide bonds. The van der Waals surface area contributed by atoms with Gasteiger partial charge in [-0.15, -0.1) is 10.2 Å². The maximum atomic E-state index is 13.4. The number of carbonyl (C=O) groups excluding carboxylic acids is 1. The molecule has 0 spiro atoms. The van der Waals surface area contributed by atoms with Crippen LogP contribution in [0.3, 0.4) is 0 Å². The molecule has 0 N–H and O–H groups in total.